The lowest BCUT2D eigenvalue weighted by molar-refractivity contribution is -0.121. The highest BCUT2D eigenvalue weighted by molar-refractivity contribution is 7.99. The van der Waals surface area contributed by atoms with Crippen LogP contribution in [0, 0.1) is 0 Å². The number of aromatic amines is 1. The molecule has 2 N–H and O–H groups in total. The van der Waals surface area contributed by atoms with Gasteiger partial charge in [-0.2, -0.15) is 9.40 Å². The number of sulfonamides is 1. The molecule has 0 saturated heterocycles. The zero-order chi connectivity index (χ0) is 17.4. The lowest BCUT2D eigenvalue weighted by atomic mass is 10.2. The molecule has 0 aliphatic rings. The molecular formula is C14H19N5O3S2. The summed E-state index contributed by atoms with van der Waals surface area (Å²) in [6, 6.07) is 9.16. The molecule has 2 aromatic rings. The molecule has 0 fully saturated rings. The van der Waals surface area contributed by atoms with E-state index in [9.17, 15) is 13.2 Å². The van der Waals surface area contributed by atoms with Crippen molar-refractivity contribution in [1.29, 1.82) is 0 Å². The third kappa shape index (κ3) is 6.30. The van der Waals surface area contributed by atoms with Crippen molar-refractivity contribution in [1.82, 2.24) is 24.8 Å². The fraction of sp³-hybridized carbons (Fsp3) is 0.357. The van der Waals surface area contributed by atoms with Crippen molar-refractivity contribution in [2.24, 2.45) is 0 Å². The third-order valence-electron chi connectivity index (χ3n) is 3.05. The van der Waals surface area contributed by atoms with Gasteiger partial charge in [-0.1, -0.05) is 42.1 Å². The maximum Gasteiger partial charge on any atom is 0.235 e. The van der Waals surface area contributed by atoms with Crippen LogP contribution in [0.3, 0.4) is 0 Å². The van der Waals surface area contributed by atoms with Crippen LogP contribution in [0.25, 0.3) is 0 Å². The minimum atomic E-state index is -3.48. The number of H-pyrrole nitrogens is 1. The first kappa shape index (κ1) is 18.4. The second kappa shape index (κ2) is 8.81. The van der Waals surface area contributed by atoms with Crippen LogP contribution in [0.4, 0.5) is 0 Å². The second-order valence-corrected chi connectivity index (χ2v) is 8.07. The summed E-state index contributed by atoms with van der Waals surface area (Å²) in [5.41, 5.74) is 0.830. The smallest absolute Gasteiger partial charge is 0.235 e. The molecule has 1 aromatic carbocycles. The maximum absolute atomic E-state index is 12.0. The van der Waals surface area contributed by atoms with Gasteiger partial charge in [-0.3, -0.25) is 9.89 Å². The lowest BCUT2D eigenvalue weighted by Gasteiger charge is -2.19. The van der Waals surface area contributed by atoms with Crippen molar-refractivity contribution in [2.75, 3.05) is 25.1 Å². The van der Waals surface area contributed by atoms with E-state index in [2.05, 4.69) is 20.5 Å². The van der Waals surface area contributed by atoms with Crippen LogP contribution in [0.5, 0.6) is 0 Å². The number of aromatic nitrogens is 3. The summed E-state index contributed by atoms with van der Waals surface area (Å²) < 4.78 is 24.9. The summed E-state index contributed by atoms with van der Waals surface area (Å²) >= 11 is 1.42. The maximum atomic E-state index is 12.0. The van der Waals surface area contributed by atoms with Crippen molar-refractivity contribution in [3.05, 3.63) is 42.2 Å². The van der Waals surface area contributed by atoms with Crippen LogP contribution in [0.1, 0.15) is 5.56 Å². The lowest BCUT2D eigenvalue weighted by Crippen LogP contribution is -2.40. The van der Waals surface area contributed by atoms with Gasteiger partial charge in [0.15, 0.2) is 5.16 Å². The number of rotatable bonds is 9. The van der Waals surface area contributed by atoms with Crippen LogP contribution < -0.4 is 5.32 Å². The van der Waals surface area contributed by atoms with Crippen molar-refractivity contribution in [2.45, 2.75) is 11.7 Å². The Hall–Kier alpha value is -1.91. The Balaban J connectivity index is 1.81. The first-order valence-corrected chi connectivity index (χ1v) is 10.0. The minimum Gasteiger partial charge on any atom is -0.354 e. The SMILES string of the molecule is CS(=O)(=O)N(CC(=O)NCCSc1ncn[nH]1)Cc1ccccc1. The largest absolute Gasteiger partial charge is 0.354 e. The van der Waals surface area contributed by atoms with Gasteiger partial charge >= 0.3 is 0 Å². The average Bonchev–Trinajstić information content (AvgIpc) is 3.04. The Bertz CT molecular complexity index is 735. The van der Waals surface area contributed by atoms with Gasteiger partial charge in [-0.05, 0) is 5.56 Å². The molecule has 1 aromatic heterocycles. The van der Waals surface area contributed by atoms with Crippen LogP contribution >= 0.6 is 11.8 Å². The third-order valence-corrected chi connectivity index (χ3v) is 5.12. The van der Waals surface area contributed by atoms with Crippen molar-refractivity contribution >= 4 is 27.7 Å². The van der Waals surface area contributed by atoms with Crippen molar-refractivity contribution in [3.8, 4) is 0 Å². The molecule has 0 unspecified atom stereocenters. The molecule has 0 radical (unpaired) electrons. The van der Waals surface area contributed by atoms with E-state index >= 15 is 0 Å². The summed E-state index contributed by atoms with van der Waals surface area (Å²) in [7, 11) is -3.48. The van der Waals surface area contributed by atoms with Gasteiger partial charge < -0.3 is 5.32 Å². The summed E-state index contributed by atoms with van der Waals surface area (Å²) in [4.78, 5) is 15.9. The molecule has 1 heterocycles. The van der Waals surface area contributed by atoms with Crippen LogP contribution in [0.2, 0.25) is 0 Å². The molecule has 10 heteroatoms. The summed E-state index contributed by atoms with van der Waals surface area (Å²) in [6.45, 7) is 0.369. The van der Waals surface area contributed by atoms with Gasteiger partial charge in [-0.15, -0.1) is 0 Å². The fourth-order valence-corrected chi connectivity index (χ4v) is 3.27. The predicted octanol–water partition coefficient (Wildman–Crippen LogP) is 0.475. The topological polar surface area (TPSA) is 108 Å². The molecule has 2 rings (SSSR count). The first-order chi connectivity index (χ1) is 11.4. The Labute approximate surface area is 145 Å². The van der Waals surface area contributed by atoms with E-state index in [4.69, 9.17) is 0 Å². The number of hydrogen-bond acceptors (Lipinski definition) is 6. The Morgan fingerprint density at radius 1 is 1.33 bits per heavy atom. The Morgan fingerprint density at radius 3 is 2.71 bits per heavy atom. The zero-order valence-electron chi connectivity index (χ0n) is 13.2. The average molecular weight is 369 g/mol. The monoisotopic (exact) mass is 369 g/mol. The summed E-state index contributed by atoms with van der Waals surface area (Å²) in [5.74, 6) is 0.271. The van der Waals surface area contributed by atoms with E-state index < -0.39 is 10.0 Å². The molecule has 1 amide bonds. The molecule has 0 atom stereocenters. The normalized spacial score (nSPS) is 11.6. The highest BCUT2D eigenvalue weighted by Gasteiger charge is 2.20. The number of benzene rings is 1. The van der Waals surface area contributed by atoms with E-state index in [1.807, 2.05) is 30.3 Å². The number of thioether (sulfide) groups is 1. The van der Waals surface area contributed by atoms with E-state index in [-0.39, 0.29) is 19.0 Å². The number of nitrogens with zero attached hydrogens (tertiary/aromatic N) is 3. The molecule has 8 nitrogen and oxygen atoms in total. The minimum absolute atomic E-state index is 0.167. The van der Waals surface area contributed by atoms with Gasteiger partial charge in [0.25, 0.3) is 0 Å². The van der Waals surface area contributed by atoms with Crippen molar-refractivity contribution < 1.29 is 13.2 Å². The summed E-state index contributed by atoms with van der Waals surface area (Å²) in [6.07, 6.45) is 2.51. The fourth-order valence-electron chi connectivity index (χ4n) is 1.90. The molecule has 0 saturated carbocycles. The molecule has 24 heavy (non-hydrogen) atoms. The van der Waals surface area contributed by atoms with Crippen LogP contribution in [0.15, 0.2) is 41.8 Å². The van der Waals surface area contributed by atoms with Gasteiger partial charge in [0.05, 0.1) is 12.8 Å². The quantitative estimate of drug-likeness (QED) is 0.491. The number of carbonyl (C=O) groups excluding carboxylic acids is 1. The highest BCUT2D eigenvalue weighted by atomic mass is 32.2. The Kier molecular flexibility index (Phi) is 6.76. The van der Waals surface area contributed by atoms with Crippen LogP contribution in [-0.2, 0) is 21.4 Å². The predicted molar refractivity (Wildman–Crippen MR) is 91.8 cm³/mol. The molecule has 0 bridgehead atoms. The van der Waals surface area contributed by atoms with Crippen LogP contribution in [-0.4, -0.2) is 58.9 Å². The molecular weight excluding hydrogens is 350 g/mol. The summed E-state index contributed by atoms with van der Waals surface area (Å²) in [5, 5.41) is 9.81. The van der Waals surface area contributed by atoms with Gasteiger partial charge in [-0.25, -0.2) is 13.4 Å². The first-order valence-electron chi connectivity index (χ1n) is 7.19. The number of nitrogens with one attached hydrogen (secondary N) is 2. The molecule has 130 valence electrons. The highest BCUT2D eigenvalue weighted by Crippen LogP contribution is 2.09. The molecule has 0 spiro atoms. The molecule has 0 aliphatic carbocycles. The van der Waals surface area contributed by atoms with Gasteiger partial charge in [0, 0.05) is 18.8 Å². The number of hydrogen-bond donors (Lipinski definition) is 2. The van der Waals surface area contributed by atoms with Gasteiger partial charge in [0.2, 0.25) is 15.9 Å². The van der Waals surface area contributed by atoms with Crippen molar-refractivity contribution in [3.63, 3.8) is 0 Å². The molecule has 0 aliphatic heterocycles. The zero-order valence-corrected chi connectivity index (χ0v) is 14.8. The number of amides is 1. The Morgan fingerprint density at radius 2 is 2.08 bits per heavy atom. The van der Waals surface area contributed by atoms with E-state index in [1.54, 1.807) is 0 Å². The van der Waals surface area contributed by atoms with Gasteiger partial charge in [0.1, 0.15) is 6.33 Å². The van der Waals surface area contributed by atoms with E-state index in [0.29, 0.717) is 17.5 Å². The number of carbonyl (C=O) groups is 1. The van der Waals surface area contributed by atoms with E-state index in [1.165, 1.54) is 18.1 Å². The van der Waals surface area contributed by atoms with E-state index in [0.717, 1.165) is 16.1 Å². The second-order valence-electron chi connectivity index (χ2n) is 5.01. The standard InChI is InChI=1S/C14H19N5O3S2/c1-24(21,22)19(9-12-5-3-2-4-6-12)10-13(20)15-7-8-23-14-16-11-17-18-14/h2-6,11H,7-10H2,1H3,(H,15,20)(H,16,17,18).